The summed E-state index contributed by atoms with van der Waals surface area (Å²) < 4.78 is 24.1. The molecular weight excluding hydrogens is 252 g/mol. The van der Waals surface area contributed by atoms with Crippen LogP contribution in [0.2, 0.25) is 0 Å². The fourth-order valence-electron chi connectivity index (χ4n) is 1.79. The van der Waals surface area contributed by atoms with Crippen LogP contribution in [0.15, 0.2) is 12.1 Å². The van der Waals surface area contributed by atoms with Gasteiger partial charge >= 0.3 is 13.2 Å². The molecule has 1 aromatic carbocycles. The molecule has 7 heteroatoms. The molecule has 1 amide bonds. The van der Waals surface area contributed by atoms with Crippen LogP contribution in [0.4, 0.5) is 14.9 Å². The number of nitrogens with one attached hydrogen (secondary N) is 1. The Hall–Kier alpha value is -1.60. The van der Waals surface area contributed by atoms with Crippen molar-refractivity contribution in [3.8, 4) is 0 Å². The summed E-state index contributed by atoms with van der Waals surface area (Å²) in [6.07, 6.45) is -0.750. The summed E-state index contributed by atoms with van der Waals surface area (Å²) in [6.45, 7) is 5.29. The Morgan fingerprint density at radius 2 is 2.21 bits per heavy atom. The minimum absolute atomic E-state index is 0.0439. The van der Waals surface area contributed by atoms with Crippen LogP contribution in [0.25, 0.3) is 0 Å². The Kier molecular flexibility index (Phi) is 3.51. The van der Waals surface area contributed by atoms with E-state index in [4.69, 9.17) is 9.39 Å². The fraction of sp³-hybridized carbons (Fsp3) is 0.417. The number of carbonyl (C=O) groups excluding carboxylic acids is 1. The Labute approximate surface area is 110 Å². The van der Waals surface area contributed by atoms with E-state index in [-0.39, 0.29) is 17.8 Å². The van der Waals surface area contributed by atoms with Crippen molar-refractivity contribution in [3.05, 3.63) is 23.5 Å². The molecule has 0 saturated heterocycles. The topological polar surface area (TPSA) is 67.8 Å². The third-order valence-corrected chi connectivity index (χ3v) is 2.55. The number of amides is 1. The molecular formula is C12H15BFNO4. The van der Waals surface area contributed by atoms with E-state index in [2.05, 4.69) is 5.32 Å². The lowest BCUT2D eigenvalue weighted by molar-refractivity contribution is 0.0635. The standard InChI is InChI=1S/C12H15BFNO4/c1-12(2,3)19-11(16)15-8-5-4-7-6-18-13(17)9(7)10(8)14/h4-5,17H,6H2,1-3H3,(H,15,16). The first-order valence-electron chi connectivity index (χ1n) is 5.89. The van der Waals surface area contributed by atoms with E-state index in [9.17, 15) is 14.2 Å². The zero-order valence-electron chi connectivity index (χ0n) is 11.0. The van der Waals surface area contributed by atoms with Gasteiger partial charge in [0.15, 0.2) is 0 Å². The van der Waals surface area contributed by atoms with E-state index in [0.29, 0.717) is 5.56 Å². The van der Waals surface area contributed by atoms with Gasteiger partial charge in [-0.3, -0.25) is 5.32 Å². The number of ether oxygens (including phenoxy) is 1. The second-order valence-electron chi connectivity index (χ2n) is 5.29. The molecule has 0 aliphatic carbocycles. The highest BCUT2D eigenvalue weighted by Crippen LogP contribution is 2.20. The predicted molar refractivity (Wildman–Crippen MR) is 68.7 cm³/mol. The van der Waals surface area contributed by atoms with Gasteiger partial charge in [-0.1, -0.05) is 6.07 Å². The van der Waals surface area contributed by atoms with Crippen LogP contribution in [-0.2, 0) is 16.0 Å². The van der Waals surface area contributed by atoms with E-state index in [1.54, 1.807) is 26.8 Å². The molecule has 1 heterocycles. The summed E-state index contributed by atoms with van der Waals surface area (Å²) in [5, 5.41) is 11.8. The molecule has 0 unspecified atom stereocenters. The number of carbonyl (C=O) groups is 1. The summed E-state index contributed by atoms with van der Waals surface area (Å²) >= 11 is 0. The maximum atomic E-state index is 14.1. The van der Waals surface area contributed by atoms with Gasteiger partial charge in [0.1, 0.15) is 11.4 Å². The largest absolute Gasteiger partial charge is 0.494 e. The van der Waals surface area contributed by atoms with Gasteiger partial charge in [-0.05, 0) is 32.4 Å². The molecule has 102 valence electrons. The summed E-state index contributed by atoms with van der Waals surface area (Å²) in [6, 6.07) is 3.01. The number of fused-ring (bicyclic) bond motifs is 1. The molecule has 5 nitrogen and oxygen atoms in total. The van der Waals surface area contributed by atoms with Crippen molar-refractivity contribution in [2.24, 2.45) is 0 Å². The third kappa shape index (κ3) is 3.05. The first-order valence-corrected chi connectivity index (χ1v) is 5.89. The van der Waals surface area contributed by atoms with Crippen LogP contribution in [0.5, 0.6) is 0 Å². The first-order chi connectivity index (χ1) is 8.78. The second-order valence-corrected chi connectivity index (χ2v) is 5.29. The molecule has 0 fully saturated rings. The maximum absolute atomic E-state index is 14.1. The van der Waals surface area contributed by atoms with E-state index < -0.39 is 24.6 Å². The van der Waals surface area contributed by atoms with Gasteiger partial charge in [0.2, 0.25) is 0 Å². The van der Waals surface area contributed by atoms with Gasteiger partial charge in [-0.2, -0.15) is 0 Å². The zero-order chi connectivity index (χ0) is 14.2. The van der Waals surface area contributed by atoms with Crippen LogP contribution < -0.4 is 10.8 Å². The van der Waals surface area contributed by atoms with E-state index in [1.807, 2.05) is 0 Å². The van der Waals surface area contributed by atoms with Gasteiger partial charge in [-0.25, -0.2) is 9.18 Å². The normalized spacial score (nSPS) is 14.3. The number of hydrogen-bond donors (Lipinski definition) is 2. The minimum atomic E-state index is -1.30. The Morgan fingerprint density at radius 3 is 2.84 bits per heavy atom. The van der Waals surface area contributed by atoms with Crippen molar-refractivity contribution < 1.29 is 23.6 Å². The molecule has 0 spiro atoms. The Bertz CT molecular complexity index is 515. The first kappa shape index (κ1) is 13.8. The number of benzene rings is 1. The Balaban J connectivity index is 2.19. The number of anilines is 1. The molecule has 2 rings (SSSR count). The average Bonchev–Trinajstić information content (AvgIpc) is 2.62. The molecule has 1 aromatic rings. The van der Waals surface area contributed by atoms with Crippen LogP contribution in [-0.4, -0.2) is 23.8 Å². The summed E-state index contributed by atoms with van der Waals surface area (Å²) in [7, 11) is -1.30. The highest BCUT2D eigenvalue weighted by atomic mass is 19.1. The summed E-state index contributed by atoms with van der Waals surface area (Å²) in [5.74, 6) is -0.701. The number of hydrogen-bond acceptors (Lipinski definition) is 4. The van der Waals surface area contributed by atoms with Crippen molar-refractivity contribution in [1.29, 1.82) is 0 Å². The highest BCUT2D eigenvalue weighted by Gasteiger charge is 2.32. The van der Waals surface area contributed by atoms with Crippen molar-refractivity contribution in [3.63, 3.8) is 0 Å². The maximum Gasteiger partial charge on any atom is 0.494 e. The van der Waals surface area contributed by atoms with E-state index in [1.165, 1.54) is 6.07 Å². The molecule has 2 N–H and O–H groups in total. The van der Waals surface area contributed by atoms with Gasteiger partial charge < -0.3 is 14.4 Å². The lowest BCUT2D eigenvalue weighted by Gasteiger charge is -2.20. The minimum Gasteiger partial charge on any atom is -0.444 e. The molecule has 1 aliphatic heterocycles. The third-order valence-electron chi connectivity index (χ3n) is 2.55. The predicted octanol–water partition coefficient (Wildman–Crippen LogP) is 1.39. The van der Waals surface area contributed by atoms with Crippen LogP contribution >= 0.6 is 0 Å². The lowest BCUT2D eigenvalue weighted by Crippen LogP contribution is -2.33. The summed E-state index contributed by atoms with van der Waals surface area (Å²) in [4.78, 5) is 11.6. The van der Waals surface area contributed by atoms with Crippen molar-refractivity contribution in [2.45, 2.75) is 33.0 Å². The second kappa shape index (κ2) is 4.83. The molecule has 0 aromatic heterocycles. The van der Waals surface area contributed by atoms with Crippen molar-refractivity contribution >= 4 is 24.4 Å². The smallest absolute Gasteiger partial charge is 0.444 e. The van der Waals surface area contributed by atoms with E-state index in [0.717, 1.165) is 0 Å². The molecule has 0 bridgehead atoms. The Morgan fingerprint density at radius 1 is 1.53 bits per heavy atom. The zero-order valence-corrected chi connectivity index (χ0v) is 11.0. The van der Waals surface area contributed by atoms with E-state index >= 15 is 0 Å². The molecule has 0 saturated carbocycles. The van der Waals surface area contributed by atoms with Gasteiger partial charge in [-0.15, -0.1) is 0 Å². The number of rotatable bonds is 1. The van der Waals surface area contributed by atoms with Crippen molar-refractivity contribution in [1.82, 2.24) is 0 Å². The number of halogens is 1. The molecule has 0 atom stereocenters. The van der Waals surface area contributed by atoms with Crippen LogP contribution in [0, 0.1) is 5.82 Å². The van der Waals surface area contributed by atoms with Crippen molar-refractivity contribution in [2.75, 3.05) is 5.32 Å². The molecule has 1 aliphatic rings. The molecule has 0 radical (unpaired) electrons. The van der Waals surface area contributed by atoms with Gasteiger partial charge in [0, 0.05) is 5.46 Å². The van der Waals surface area contributed by atoms with Crippen LogP contribution in [0.1, 0.15) is 26.3 Å². The summed E-state index contributed by atoms with van der Waals surface area (Å²) in [5.41, 5.74) is -0.0780. The average molecular weight is 267 g/mol. The fourth-order valence-corrected chi connectivity index (χ4v) is 1.79. The molecule has 19 heavy (non-hydrogen) atoms. The quantitative estimate of drug-likeness (QED) is 0.754. The van der Waals surface area contributed by atoms with Gasteiger partial charge in [0.25, 0.3) is 0 Å². The SMILES string of the molecule is CC(C)(C)OC(=O)Nc1ccc2c(c1F)B(O)OC2. The van der Waals surface area contributed by atoms with Crippen LogP contribution in [0.3, 0.4) is 0 Å². The monoisotopic (exact) mass is 267 g/mol. The lowest BCUT2D eigenvalue weighted by atomic mass is 9.79. The van der Waals surface area contributed by atoms with Gasteiger partial charge in [0.05, 0.1) is 12.3 Å². The highest BCUT2D eigenvalue weighted by molar-refractivity contribution is 6.61.